The number of hydrogen-bond donors (Lipinski definition) is 1. The number of carbonyl (C=O) groups excluding carboxylic acids is 2. The molecule has 43 heavy (non-hydrogen) atoms. The third-order valence-electron chi connectivity index (χ3n) is 6.94. The second-order valence-corrected chi connectivity index (χ2v) is 11.3. The number of anilines is 1. The lowest BCUT2D eigenvalue weighted by atomic mass is 10.1. The third-order valence-corrected chi connectivity index (χ3v) is 8.13. The number of hydrogen-bond acceptors (Lipinski definition) is 7. The number of halogens is 1. The van der Waals surface area contributed by atoms with E-state index in [9.17, 15) is 14.0 Å². The molecule has 8 nitrogen and oxygen atoms in total. The number of amidine groups is 1. The maximum Gasteiger partial charge on any atom is 0.238 e. The highest BCUT2D eigenvalue weighted by Crippen LogP contribution is 2.32. The summed E-state index contributed by atoms with van der Waals surface area (Å²) in [4.78, 5) is 32.9. The molecule has 1 heterocycles. The number of carbonyl (C=O) groups is 2. The van der Waals surface area contributed by atoms with Crippen LogP contribution in [0.2, 0.25) is 0 Å². The largest absolute Gasteiger partial charge is 0.494 e. The molecule has 3 aromatic rings. The minimum atomic E-state index is -0.682. The SMILES string of the molecule is CCCCCCOc1ccc(NC(=O)C2CC(=O)N(CCc3ccc(OC)c(OC)c3)C(=Nc3ccc(F)cc3)S2)cc1. The Morgan fingerprint density at radius 3 is 2.44 bits per heavy atom. The van der Waals surface area contributed by atoms with Gasteiger partial charge in [0.25, 0.3) is 0 Å². The lowest BCUT2D eigenvalue weighted by Crippen LogP contribution is -2.46. The number of methoxy groups -OCH3 is 2. The van der Waals surface area contributed by atoms with Gasteiger partial charge in [0.05, 0.1) is 26.5 Å². The van der Waals surface area contributed by atoms with Gasteiger partial charge < -0.3 is 19.5 Å². The van der Waals surface area contributed by atoms with Crippen LogP contribution in [-0.4, -0.2) is 54.5 Å². The van der Waals surface area contributed by atoms with Crippen LogP contribution < -0.4 is 19.5 Å². The van der Waals surface area contributed by atoms with Crippen LogP contribution in [0.1, 0.15) is 44.6 Å². The first kappa shape index (κ1) is 31.9. The monoisotopic (exact) mass is 607 g/mol. The molecule has 3 aromatic carbocycles. The Bertz CT molecular complexity index is 1400. The predicted octanol–water partition coefficient (Wildman–Crippen LogP) is 7.01. The highest BCUT2D eigenvalue weighted by molar-refractivity contribution is 8.15. The van der Waals surface area contributed by atoms with Crippen LogP contribution in [0.3, 0.4) is 0 Å². The van der Waals surface area contributed by atoms with Crippen LogP contribution in [0.4, 0.5) is 15.8 Å². The van der Waals surface area contributed by atoms with Crippen LogP contribution in [0.15, 0.2) is 71.7 Å². The molecule has 1 unspecified atom stereocenters. The van der Waals surface area contributed by atoms with Gasteiger partial charge in [0.2, 0.25) is 11.8 Å². The zero-order valence-electron chi connectivity index (χ0n) is 24.8. The summed E-state index contributed by atoms with van der Waals surface area (Å²) in [6, 6.07) is 18.5. The molecule has 1 aliphatic heterocycles. The molecule has 1 aliphatic rings. The van der Waals surface area contributed by atoms with Gasteiger partial charge in [0, 0.05) is 18.7 Å². The van der Waals surface area contributed by atoms with Crippen molar-refractivity contribution < 1.29 is 28.2 Å². The zero-order valence-corrected chi connectivity index (χ0v) is 25.6. The number of nitrogens with one attached hydrogen (secondary N) is 1. The van der Waals surface area contributed by atoms with Gasteiger partial charge in [0.15, 0.2) is 16.7 Å². The first-order chi connectivity index (χ1) is 20.9. The van der Waals surface area contributed by atoms with Gasteiger partial charge in [-0.25, -0.2) is 9.38 Å². The molecule has 0 saturated carbocycles. The Hall–Kier alpha value is -4.05. The maximum absolute atomic E-state index is 13.5. The van der Waals surface area contributed by atoms with Crippen LogP contribution >= 0.6 is 11.8 Å². The summed E-state index contributed by atoms with van der Waals surface area (Å²) < 4.78 is 30.1. The standard InChI is InChI=1S/C33H38FN3O5S/c1-4-5-6-7-20-42-27-15-13-25(14-16-27)35-32(39)30-22-31(38)37(33(43-30)36-26-11-9-24(34)10-12-26)19-18-23-8-17-28(40-2)29(21-23)41-3/h8-17,21,30H,4-7,18-20,22H2,1-3H3,(H,35,39). The zero-order chi connectivity index (χ0) is 30.6. The molecule has 2 amide bonds. The van der Waals surface area contributed by atoms with E-state index in [1.165, 1.54) is 48.9 Å². The fourth-order valence-corrected chi connectivity index (χ4v) is 5.67. The second kappa shape index (κ2) is 16.0. The predicted molar refractivity (Wildman–Crippen MR) is 169 cm³/mol. The number of unbranched alkanes of at least 4 members (excludes halogenated alkanes) is 3. The quantitative estimate of drug-likeness (QED) is 0.199. The molecule has 0 radical (unpaired) electrons. The van der Waals surface area contributed by atoms with Crippen molar-refractivity contribution in [2.45, 2.75) is 50.7 Å². The number of thioether (sulfide) groups is 1. The van der Waals surface area contributed by atoms with E-state index in [1.807, 2.05) is 30.3 Å². The van der Waals surface area contributed by atoms with E-state index in [0.717, 1.165) is 24.2 Å². The van der Waals surface area contributed by atoms with Crippen molar-refractivity contribution in [2.75, 3.05) is 32.7 Å². The van der Waals surface area contributed by atoms with Crippen LogP contribution in [0.5, 0.6) is 17.2 Å². The Morgan fingerprint density at radius 1 is 1.00 bits per heavy atom. The number of benzene rings is 3. The smallest absolute Gasteiger partial charge is 0.238 e. The summed E-state index contributed by atoms with van der Waals surface area (Å²) in [5, 5.41) is 2.62. The summed E-state index contributed by atoms with van der Waals surface area (Å²) in [6.07, 6.45) is 5.07. The van der Waals surface area contributed by atoms with E-state index in [0.29, 0.717) is 47.6 Å². The van der Waals surface area contributed by atoms with Crippen LogP contribution in [0.25, 0.3) is 0 Å². The Labute approximate surface area is 256 Å². The van der Waals surface area contributed by atoms with Gasteiger partial charge >= 0.3 is 0 Å². The van der Waals surface area contributed by atoms with Crippen molar-refractivity contribution in [3.63, 3.8) is 0 Å². The summed E-state index contributed by atoms with van der Waals surface area (Å²) >= 11 is 1.22. The first-order valence-electron chi connectivity index (χ1n) is 14.5. The molecule has 4 rings (SSSR count). The average molecular weight is 608 g/mol. The third kappa shape index (κ3) is 9.22. The molecular weight excluding hydrogens is 569 g/mol. The number of amides is 2. The molecule has 1 fully saturated rings. The highest BCUT2D eigenvalue weighted by Gasteiger charge is 2.36. The van der Waals surface area contributed by atoms with Crippen molar-refractivity contribution in [3.05, 3.63) is 78.1 Å². The number of aliphatic imine (C=N–C) groups is 1. The summed E-state index contributed by atoms with van der Waals surface area (Å²) in [7, 11) is 3.15. The molecule has 0 spiro atoms. The molecule has 1 N–H and O–H groups in total. The molecule has 1 atom stereocenters. The van der Waals surface area contributed by atoms with Crippen molar-refractivity contribution in [2.24, 2.45) is 4.99 Å². The van der Waals surface area contributed by atoms with Crippen LogP contribution in [0, 0.1) is 5.82 Å². The van der Waals surface area contributed by atoms with Crippen molar-refractivity contribution in [1.82, 2.24) is 4.90 Å². The van der Waals surface area contributed by atoms with Crippen molar-refractivity contribution in [3.8, 4) is 17.2 Å². The van der Waals surface area contributed by atoms with Gasteiger partial charge in [-0.2, -0.15) is 0 Å². The maximum atomic E-state index is 13.5. The fraction of sp³-hybridized carbons (Fsp3) is 0.364. The van der Waals surface area contributed by atoms with E-state index in [4.69, 9.17) is 14.2 Å². The highest BCUT2D eigenvalue weighted by atomic mass is 32.2. The van der Waals surface area contributed by atoms with Crippen LogP contribution in [-0.2, 0) is 16.0 Å². The van der Waals surface area contributed by atoms with Gasteiger partial charge in [-0.05, 0) is 79.1 Å². The topological polar surface area (TPSA) is 89.5 Å². The molecule has 10 heteroatoms. The van der Waals surface area contributed by atoms with E-state index in [2.05, 4.69) is 17.2 Å². The van der Waals surface area contributed by atoms with E-state index in [1.54, 1.807) is 31.3 Å². The van der Waals surface area contributed by atoms with E-state index >= 15 is 0 Å². The van der Waals surface area contributed by atoms with Gasteiger partial charge in [-0.15, -0.1) is 0 Å². The van der Waals surface area contributed by atoms with E-state index in [-0.39, 0.29) is 24.1 Å². The van der Waals surface area contributed by atoms with Gasteiger partial charge in [0.1, 0.15) is 16.8 Å². The molecule has 1 saturated heterocycles. The Balaban J connectivity index is 1.44. The number of nitrogens with zero attached hydrogens (tertiary/aromatic N) is 2. The molecular formula is C33H38FN3O5S. The lowest BCUT2D eigenvalue weighted by molar-refractivity contribution is -0.129. The second-order valence-electron chi connectivity index (χ2n) is 10.1. The molecule has 228 valence electrons. The first-order valence-corrected chi connectivity index (χ1v) is 15.3. The summed E-state index contributed by atoms with van der Waals surface area (Å²) in [6.45, 7) is 3.17. The van der Waals surface area contributed by atoms with Gasteiger partial charge in [-0.3, -0.25) is 14.5 Å². The Kier molecular flexibility index (Phi) is 11.8. The summed E-state index contributed by atoms with van der Waals surface area (Å²) in [5.74, 6) is 1.07. The molecule has 0 aromatic heterocycles. The van der Waals surface area contributed by atoms with Crippen molar-refractivity contribution >= 4 is 40.1 Å². The Morgan fingerprint density at radius 2 is 1.74 bits per heavy atom. The average Bonchev–Trinajstić information content (AvgIpc) is 3.02. The van der Waals surface area contributed by atoms with Gasteiger partial charge in [-0.1, -0.05) is 44.0 Å². The molecule has 0 aliphatic carbocycles. The molecule has 0 bridgehead atoms. The fourth-order valence-electron chi connectivity index (χ4n) is 4.54. The normalized spacial score (nSPS) is 15.8. The minimum absolute atomic E-state index is 0.0177. The lowest BCUT2D eigenvalue weighted by Gasteiger charge is -2.32. The van der Waals surface area contributed by atoms with E-state index < -0.39 is 5.25 Å². The van der Waals surface area contributed by atoms with Crippen molar-refractivity contribution in [1.29, 1.82) is 0 Å². The number of rotatable bonds is 14. The minimum Gasteiger partial charge on any atom is -0.494 e. The number of ether oxygens (including phenoxy) is 3. The summed E-state index contributed by atoms with van der Waals surface area (Å²) in [5.41, 5.74) is 2.05.